The summed E-state index contributed by atoms with van der Waals surface area (Å²) < 4.78 is 0. The van der Waals surface area contributed by atoms with Crippen molar-refractivity contribution < 1.29 is 0 Å². The topological polar surface area (TPSA) is 3.24 Å². The van der Waals surface area contributed by atoms with Crippen molar-refractivity contribution in [2.45, 2.75) is 25.7 Å². The van der Waals surface area contributed by atoms with Crippen LogP contribution >= 0.6 is 0 Å². The molecule has 1 aromatic carbocycles. The van der Waals surface area contributed by atoms with Gasteiger partial charge in [0.15, 0.2) is 0 Å². The van der Waals surface area contributed by atoms with Gasteiger partial charge in [0.05, 0.1) is 0 Å². The summed E-state index contributed by atoms with van der Waals surface area (Å²) in [5, 5.41) is 1.45. The molecular formula is C18H21NSi. The predicted octanol–water partition coefficient (Wildman–Crippen LogP) is 2.95. The molecule has 3 rings (SSSR count). The Morgan fingerprint density at radius 2 is 1.35 bits per heavy atom. The predicted molar refractivity (Wildman–Crippen MR) is 91.4 cm³/mol. The van der Waals surface area contributed by atoms with E-state index in [0.717, 1.165) is 35.9 Å². The van der Waals surface area contributed by atoms with E-state index in [1.807, 2.05) is 0 Å². The molecule has 1 nitrogen and oxygen atoms in total. The average molecular weight is 279 g/mol. The maximum Gasteiger partial charge on any atom is 0.0455 e. The largest absolute Gasteiger partial charge is 0.318 e. The smallest absolute Gasteiger partial charge is 0.0455 e. The summed E-state index contributed by atoms with van der Waals surface area (Å²) in [5.41, 5.74) is 4.12. The van der Waals surface area contributed by atoms with Crippen molar-refractivity contribution in [1.29, 1.82) is 0 Å². The molecule has 0 N–H and O–H groups in total. The summed E-state index contributed by atoms with van der Waals surface area (Å²) in [6.45, 7) is 0. The third-order valence-electron chi connectivity index (χ3n) is 3.85. The standard InChI is InChI=1S/C18H21NSi/c20-18-13-11-17(12-14-18)19(15-7-3-1-4-8-15)16-9-5-2-6-10-16/h1-3,5,7,9,11-14H,4,6,8,10H2,20H3. The molecule has 0 unspecified atom stereocenters. The van der Waals surface area contributed by atoms with E-state index in [9.17, 15) is 0 Å². The first-order valence-electron chi connectivity index (χ1n) is 7.43. The maximum atomic E-state index is 2.45. The normalized spacial score (nSPS) is 17.8. The van der Waals surface area contributed by atoms with Gasteiger partial charge < -0.3 is 4.90 Å². The number of hydrogen-bond acceptors (Lipinski definition) is 1. The van der Waals surface area contributed by atoms with Crippen LogP contribution in [0, 0.1) is 0 Å². The summed E-state index contributed by atoms with van der Waals surface area (Å²) in [6, 6.07) is 9.04. The number of rotatable bonds is 3. The van der Waals surface area contributed by atoms with Crippen LogP contribution in [-0.2, 0) is 0 Å². The van der Waals surface area contributed by atoms with E-state index in [4.69, 9.17) is 0 Å². The Balaban J connectivity index is 2.00. The molecule has 102 valence electrons. The molecule has 0 bridgehead atoms. The van der Waals surface area contributed by atoms with Gasteiger partial charge in [-0.25, -0.2) is 0 Å². The van der Waals surface area contributed by atoms with Gasteiger partial charge in [-0.05, 0) is 50.0 Å². The summed E-state index contributed by atoms with van der Waals surface area (Å²) in [6.07, 6.45) is 17.9. The third kappa shape index (κ3) is 2.85. The molecule has 0 atom stereocenters. The molecule has 2 aliphatic carbocycles. The lowest BCUT2D eigenvalue weighted by Crippen LogP contribution is -2.23. The van der Waals surface area contributed by atoms with Crippen LogP contribution in [0.4, 0.5) is 5.69 Å². The fraction of sp³-hybridized carbons (Fsp3) is 0.222. The molecule has 0 spiro atoms. The Morgan fingerprint density at radius 3 is 1.80 bits per heavy atom. The molecule has 0 radical (unpaired) electrons. The number of nitrogens with zero attached hydrogens (tertiary/aromatic N) is 1. The van der Waals surface area contributed by atoms with Crippen LogP contribution in [0.25, 0.3) is 0 Å². The average Bonchev–Trinajstić information content (AvgIpc) is 2.52. The van der Waals surface area contributed by atoms with Crippen molar-refractivity contribution in [2.75, 3.05) is 4.90 Å². The van der Waals surface area contributed by atoms with Gasteiger partial charge in [0.1, 0.15) is 0 Å². The molecule has 2 aliphatic rings. The van der Waals surface area contributed by atoms with Crippen molar-refractivity contribution in [3.8, 4) is 0 Å². The molecule has 0 heterocycles. The van der Waals surface area contributed by atoms with Crippen LogP contribution in [0.2, 0.25) is 0 Å². The lowest BCUT2D eigenvalue weighted by molar-refractivity contribution is 0.838. The molecule has 1 aromatic rings. The Morgan fingerprint density at radius 1 is 0.800 bits per heavy atom. The zero-order chi connectivity index (χ0) is 13.8. The van der Waals surface area contributed by atoms with Crippen LogP contribution < -0.4 is 10.1 Å². The summed E-state index contributed by atoms with van der Waals surface area (Å²) in [7, 11) is 1.12. The zero-order valence-electron chi connectivity index (χ0n) is 12.0. The van der Waals surface area contributed by atoms with E-state index in [-0.39, 0.29) is 0 Å². The van der Waals surface area contributed by atoms with Gasteiger partial charge in [-0.15, -0.1) is 0 Å². The second kappa shape index (κ2) is 6.10. The van der Waals surface area contributed by atoms with Gasteiger partial charge in [0.2, 0.25) is 0 Å². The van der Waals surface area contributed by atoms with E-state index in [1.54, 1.807) is 0 Å². The minimum absolute atomic E-state index is 1.12. The Kier molecular flexibility index (Phi) is 4.02. The second-order valence-corrected chi connectivity index (χ2v) is 6.58. The van der Waals surface area contributed by atoms with Crippen molar-refractivity contribution in [3.63, 3.8) is 0 Å². The van der Waals surface area contributed by atoms with Gasteiger partial charge >= 0.3 is 0 Å². The SMILES string of the molecule is [SiH3]c1ccc(N(C2=CC=CCC2)C2=CC=CCC2)cc1. The van der Waals surface area contributed by atoms with Crippen molar-refractivity contribution in [3.05, 3.63) is 72.1 Å². The van der Waals surface area contributed by atoms with E-state index in [1.165, 1.54) is 22.3 Å². The zero-order valence-corrected chi connectivity index (χ0v) is 14.0. The molecular weight excluding hydrogens is 258 g/mol. The second-order valence-electron chi connectivity index (χ2n) is 5.42. The first kappa shape index (κ1) is 13.2. The molecule has 0 amide bonds. The summed E-state index contributed by atoms with van der Waals surface area (Å²) in [4.78, 5) is 2.45. The Hall–Kier alpha value is -1.80. The van der Waals surface area contributed by atoms with Gasteiger partial charge in [0, 0.05) is 27.3 Å². The Labute approximate surface area is 124 Å². The highest BCUT2D eigenvalue weighted by atomic mass is 28.1. The van der Waals surface area contributed by atoms with E-state index in [0.29, 0.717) is 0 Å². The van der Waals surface area contributed by atoms with E-state index >= 15 is 0 Å². The van der Waals surface area contributed by atoms with Gasteiger partial charge in [0.25, 0.3) is 0 Å². The quantitative estimate of drug-likeness (QED) is 0.769. The lowest BCUT2D eigenvalue weighted by atomic mass is 10.0. The number of hydrogen-bond donors (Lipinski definition) is 0. The molecule has 2 heteroatoms. The molecule has 0 saturated carbocycles. The third-order valence-corrected chi connectivity index (χ3v) is 4.52. The van der Waals surface area contributed by atoms with Crippen LogP contribution in [0.1, 0.15) is 25.7 Å². The molecule has 0 fully saturated rings. The first-order chi connectivity index (χ1) is 9.84. The number of anilines is 1. The monoisotopic (exact) mass is 279 g/mol. The molecule has 0 aliphatic heterocycles. The van der Waals surface area contributed by atoms with Gasteiger partial charge in [-0.3, -0.25) is 0 Å². The minimum atomic E-state index is 1.12. The Bertz CT molecular complexity index is 558. The summed E-state index contributed by atoms with van der Waals surface area (Å²) in [5.74, 6) is 0. The van der Waals surface area contributed by atoms with Gasteiger partial charge in [-0.2, -0.15) is 0 Å². The van der Waals surface area contributed by atoms with Crippen LogP contribution in [-0.4, -0.2) is 10.2 Å². The fourth-order valence-electron chi connectivity index (χ4n) is 2.76. The molecule has 0 aromatic heterocycles. The minimum Gasteiger partial charge on any atom is -0.318 e. The van der Waals surface area contributed by atoms with Crippen LogP contribution in [0.5, 0.6) is 0 Å². The van der Waals surface area contributed by atoms with Crippen molar-refractivity contribution >= 4 is 21.1 Å². The lowest BCUT2D eigenvalue weighted by Gasteiger charge is -2.31. The maximum absolute atomic E-state index is 2.45. The van der Waals surface area contributed by atoms with E-state index < -0.39 is 0 Å². The number of benzene rings is 1. The van der Waals surface area contributed by atoms with Gasteiger partial charge in [-0.1, -0.05) is 41.6 Å². The highest BCUT2D eigenvalue weighted by Crippen LogP contribution is 2.31. The first-order valence-corrected chi connectivity index (χ1v) is 8.43. The summed E-state index contributed by atoms with van der Waals surface area (Å²) >= 11 is 0. The van der Waals surface area contributed by atoms with E-state index in [2.05, 4.69) is 65.6 Å². The highest BCUT2D eigenvalue weighted by Gasteiger charge is 2.17. The number of allylic oxidation sites excluding steroid dienone is 8. The molecule has 20 heavy (non-hydrogen) atoms. The van der Waals surface area contributed by atoms with Crippen molar-refractivity contribution in [1.82, 2.24) is 0 Å². The molecule has 0 saturated heterocycles. The highest BCUT2D eigenvalue weighted by molar-refractivity contribution is 6.32. The fourth-order valence-corrected chi connectivity index (χ4v) is 3.10. The van der Waals surface area contributed by atoms with Crippen molar-refractivity contribution in [2.24, 2.45) is 0 Å². The van der Waals surface area contributed by atoms with Crippen LogP contribution in [0.15, 0.2) is 72.1 Å². The van der Waals surface area contributed by atoms with Crippen LogP contribution in [0.3, 0.4) is 0 Å².